The third kappa shape index (κ3) is 2.23. The van der Waals surface area contributed by atoms with E-state index in [1.165, 1.54) is 0 Å². The molecule has 21 heavy (non-hydrogen) atoms. The summed E-state index contributed by atoms with van der Waals surface area (Å²) < 4.78 is 0. The van der Waals surface area contributed by atoms with Gasteiger partial charge in [-0.3, -0.25) is 19.5 Å². The van der Waals surface area contributed by atoms with Crippen molar-refractivity contribution in [2.75, 3.05) is 0 Å². The van der Waals surface area contributed by atoms with Crippen molar-refractivity contribution in [2.24, 2.45) is 0 Å². The maximum Gasteiger partial charge on any atom is 0.261 e. The number of imide groups is 1. The van der Waals surface area contributed by atoms with Gasteiger partial charge in [0, 0.05) is 6.20 Å². The van der Waals surface area contributed by atoms with Crippen LogP contribution in [0.1, 0.15) is 32.0 Å². The first-order valence-corrected chi connectivity index (χ1v) is 6.71. The van der Waals surface area contributed by atoms with Gasteiger partial charge in [0.15, 0.2) is 0 Å². The van der Waals surface area contributed by atoms with Crippen LogP contribution >= 0.6 is 11.6 Å². The quantitative estimate of drug-likeness (QED) is 0.818. The largest absolute Gasteiger partial charge is 0.269 e. The first kappa shape index (κ1) is 13.5. The van der Waals surface area contributed by atoms with Crippen molar-refractivity contribution in [1.82, 2.24) is 9.88 Å². The van der Waals surface area contributed by atoms with Crippen LogP contribution in [0.4, 0.5) is 0 Å². The molecule has 0 saturated heterocycles. The molecule has 1 aliphatic heterocycles. The first-order chi connectivity index (χ1) is 10.1. The van der Waals surface area contributed by atoms with Gasteiger partial charge in [0.05, 0.1) is 28.4 Å². The summed E-state index contributed by atoms with van der Waals surface area (Å²) in [6, 6.07) is 8.46. The normalized spacial score (nSPS) is 13.5. The van der Waals surface area contributed by atoms with Crippen LogP contribution in [0.5, 0.6) is 0 Å². The number of aromatic nitrogens is 1. The lowest BCUT2D eigenvalue weighted by Crippen LogP contribution is -2.29. The summed E-state index contributed by atoms with van der Waals surface area (Å²) in [5, 5.41) is 0.406. The molecule has 0 atom stereocenters. The second kappa shape index (κ2) is 5.14. The van der Waals surface area contributed by atoms with Gasteiger partial charge in [0.1, 0.15) is 0 Å². The summed E-state index contributed by atoms with van der Waals surface area (Å²) in [5.41, 5.74) is 2.10. The lowest BCUT2D eigenvalue weighted by Gasteiger charge is -2.14. The molecule has 104 valence electrons. The Morgan fingerprint density at radius 2 is 1.81 bits per heavy atom. The van der Waals surface area contributed by atoms with Gasteiger partial charge in [-0.25, -0.2) is 0 Å². The van der Waals surface area contributed by atoms with E-state index in [4.69, 9.17) is 11.6 Å². The Kier molecular flexibility index (Phi) is 3.31. The SMILES string of the molecule is C=Cc1cnc(CN2C(=O)c3ccccc3C2=O)c(Cl)c1. The number of pyridine rings is 1. The molecule has 1 aromatic carbocycles. The maximum absolute atomic E-state index is 12.3. The van der Waals surface area contributed by atoms with Gasteiger partial charge in [-0.1, -0.05) is 36.4 Å². The van der Waals surface area contributed by atoms with Gasteiger partial charge < -0.3 is 0 Å². The highest BCUT2D eigenvalue weighted by Crippen LogP contribution is 2.26. The van der Waals surface area contributed by atoms with E-state index in [9.17, 15) is 9.59 Å². The molecule has 5 heteroatoms. The molecule has 4 nitrogen and oxygen atoms in total. The number of carbonyl (C=O) groups excluding carboxylic acids is 2. The Hall–Kier alpha value is -2.46. The number of hydrogen-bond acceptors (Lipinski definition) is 3. The van der Waals surface area contributed by atoms with Crippen molar-refractivity contribution < 1.29 is 9.59 Å². The Balaban J connectivity index is 1.92. The van der Waals surface area contributed by atoms with E-state index in [-0.39, 0.29) is 18.4 Å². The number of benzene rings is 1. The van der Waals surface area contributed by atoms with Gasteiger partial charge in [-0.05, 0) is 23.8 Å². The van der Waals surface area contributed by atoms with Crippen molar-refractivity contribution in [2.45, 2.75) is 6.54 Å². The van der Waals surface area contributed by atoms with Gasteiger partial charge in [0.25, 0.3) is 11.8 Å². The van der Waals surface area contributed by atoms with Crippen LogP contribution in [-0.4, -0.2) is 21.7 Å². The minimum atomic E-state index is -0.318. The lowest BCUT2D eigenvalue weighted by molar-refractivity contribution is 0.0640. The molecule has 2 aromatic rings. The predicted molar refractivity (Wildman–Crippen MR) is 80.0 cm³/mol. The van der Waals surface area contributed by atoms with E-state index in [1.807, 2.05) is 0 Å². The highest BCUT2D eigenvalue weighted by atomic mass is 35.5. The van der Waals surface area contributed by atoms with Crippen molar-refractivity contribution in [3.8, 4) is 0 Å². The van der Waals surface area contributed by atoms with E-state index in [0.717, 1.165) is 10.5 Å². The molecule has 1 aromatic heterocycles. The number of halogens is 1. The van der Waals surface area contributed by atoms with Gasteiger partial charge in [-0.2, -0.15) is 0 Å². The van der Waals surface area contributed by atoms with Crippen molar-refractivity contribution in [3.05, 3.63) is 70.5 Å². The fourth-order valence-electron chi connectivity index (χ4n) is 2.24. The van der Waals surface area contributed by atoms with Crippen LogP contribution in [0, 0.1) is 0 Å². The molecule has 0 aliphatic carbocycles. The molecule has 2 heterocycles. The standard InChI is InChI=1S/C16H11ClN2O2/c1-2-10-7-13(17)14(18-8-10)9-19-15(20)11-5-3-4-6-12(11)16(19)21/h2-8H,1,9H2. The highest BCUT2D eigenvalue weighted by molar-refractivity contribution is 6.31. The Labute approximate surface area is 126 Å². The maximum atomic E-state index is 12.3. The summed E-state index contributed by atoms with van der Waals surface area (Å²) in [7, 11) is 0. The zero-order valence-corrected chi connectivity index (χ0v) is 11.8. The minimum absolute atomic E-state index is 0.0581. The van der Waals surface area contributed by atoms with Crippen molar-refractivity contribution >= 4 is 29.5 Å². The van der Waals surface area contributed by atoms with Crippen LogP contribution in [0.3, 0.4) is 0 Å². The van der Waals surface area contributed by atoms with E-state index >= 15 is 0 Å². The van der Waals surface area contributed by atoms with Crippen LogP contribution in [-0.2, 0) is 6.54 Å². The number of nitrogens with zero attached hydrogens (tertiary/aromatic N) is 2. The summed E-state index contributed by atoms with van der Waals surface area (Å²) in [6.07, 6.45) is 3.23. The van der Waals surface area contributed by atoms with E-state index in [2.05, 4.69) is 11.6 Å². The third-order valence-corrected chi connectivity index (χ3v) is 3.69. The fraction of sp³-hybridized carbons (Fsp3) is 0.0625. The molecular formula is C16H11ClN2O2. The van der Waals surface area contributed by atoms with Crippen molar-refractivity contribution in [1.29, 1.82) is 0 Å². The van der Waals surface area contributed by atoms with E-state index < -0.39 is 0 Å². The molecule has 1 aliphatic rings. The van der Waals surface area contributed by atoms with Gasteiger partial charge in [-0.15, -0.1) is 0 Å². The average Bonchev–Trinajstić information content (AvgIpc) is 2.74. The molecule has 2 amide bonds. The monoisotopic (exact) mass is 298 g/mol. The molecule has 3 rings (SSSR count). The second-order valence-corrected chi connectivity index (χ2v) is 5.05. The molecule has 0 bridgehead atoms. The molecular weight excluding hydrogens is 288 g/mol. The molecule has 0 spiro atoms. The smallest absolute Gasteiger partial charge is 0.261 e. The summed E-state index contributed by atoms with van der Waals surface area (Å²) >= 11 is 6.13. The number of carbonyl (C=O) groups is 2. The van der Waals surface area contributed by atoms with Gasteiger partial charge in [0.2, 0.25) is 0 Å². The molecule has 0 unspecified atom stereocenters. The van der Waals surface area contributed by atoms with Gasteiger partial charge >= 0.3 is 0 Å². The number of hydrogen-bond donors (Lipinski definition) is 0. The number of amides is 2. The van der Waals surface area contributed by atoms with Crippen LogP contribution in [0.2, 0.25) is 5.02 Å². The molecule has 0 fully saturated rings. The zero-order chi connectivity index (χ0) is 15.0. The van der Waals surface area contributed by atoms with Crippen LogP contribution < -0.4 is 0 Å². The van der Waals surface area contributed by atoms with Crippen LogP contribution in [0.15, 0.2) is 43.1 Å². The zero-order valence-electron chi connectivity index (χ0n) is 11.0. The molecule has 0 saturated carbocycles. The Morgan fingerprint density at radius 1 is 1.19 bits per heavy atom. The van der Waals surface area contributed by atoms with E-state index in [1.54, 1.807) is 42.6 Å². The Morgan fingerprint density at radius 3 is 2.33 bits per heavy atom. The summed E-state index contributed by atoms with van der Waals surface area (Å²) in [4.78, 5) is 29.9. The summed E-state index contributed by atoms with van der Waals surface area (Å²) in [5.74, 6) is -0.637. The summed E-state index contributed by atoms with van der Waals surface area (Å²) in [6.45, 7) is 3.70. The predicted octanol–water partition coefficient (Wildman–Crippen LogP) is 3.17. The first-order valence-electron chi connectivity index (χ1n) is 6.34. The number of fused-ring (bicyclic) bond motifs is 1. The number of rotatable bonds is 3. The molecule has 0 N–H and O–H groups in total. The topological polar surface area (TPSA) is 50.3 Å². The minimum Gasteiger partial charge on any atom is -0.269 e. The highest BCUT2D eigenvalue weighted by Gasteiger charge is 2.35. The van der Waals surface area contributed by atoms with Crippen molar-refractivity contribution in [3.63, 3.8) is 0 Å². The second-order valence-electron chi connectivity index (χ2n) is 4.64. The third-order valence-electron chi connectivity index (χ3n) is 3.36. The van der Waals surface area contributed by atoms with Crippen LogP contribution in [0.25, 0.3) is 6.08 Å². The van der Waals surface area contributed by atoms with E-state index in [0.29, 0.717) is 21.8 Å². The fourth-order valence-corrected chi connectivity index (χ4v) is 2.48. The molecule has 0 radical (unpaired) electrons. The lowest BCUT2D eigenvalue weighted by atomic mass is 10.1. The average molecular weight is 299 g/mol. The Bertz CT molecular complexity index is 736.